The number of rotatable bonds is 8. The van der Waals surface area contributed by atoms with Crippen molar-refractivity contribution in [3.05, 3.63) is 128 Å². The van der Waals surface area contributed by atoms with Gasteiger partial charge >= 0.3 is 5.69 Å². The number of fused-ring (bicyclic) bond motifs is 1. The number of benzene rings is 3. The fourth-order valence-electron chi connectivity index (χ4n) is 4.26. The molecule has 0 N–H and O–H groups in total. The third-order valence-corrected chi connectivity index (χ3v) is 6.43. The topological polar surface area (TPSA) is 88.1 Å². The van der Waals surface area contributed by atoms with Crippen molar-refractivity contribution in [3.8, 4) is 5.75 Å². The molecule has 186 valence electrons. The van der Waals surface area contributed by atoms with Gasteiger partial charge in [-0.1, -0.05) is 72.3 Å². The molecule has 0 bridgehead atoms. The number of ketones is 1. The number of hydrogen-bond acceptors (Lipinski definition) is 5. The van der Waals surface area contributed by atoms with E-state index in [1.54, 1.807) is 23.0 Å². The summed E-state index contributed by atoms with van der Waals surface area (Å²) in [5.74, 6) is -0.00433. The van der Waals surface area contributed by atoms with Crippen molar-refractivity contribution in [2.75, 3.05) is 7.11 Å². The van der Waals surface area contributed by atoms with E-state index < -0.39 is 23.6 Å². The smallest absolute Gasteiger partial charge is 0.333 e. The average Bonchev–Trinajstić information content (AvgIpc) is 3.33. The Morgan fingerprint density at radius 3 is 2.16 bits per heavy atom. The van der Waals surface area contributed by atoms with Crippen molar-refractivity contribution >= 4 is 28.5 Å². The van der Waals surface area contributed by atoms with Gasteiger partial charge in [-0.15, -0.1) is 0 Å². The number of carbonyl (C=O) groups excluding carboxylic acids is 1. The van der Waals surface area contributed by atoms with Crippen LogP contribution in [0, 0.1) is 0 Å². The summed E-state index contributed by atoms with van der Waals surface area (Å²) < 4.78 is 9.26. The van der Waals surface area contributed by atoms with Crippen molar-refractivity contribution in [1.82, 2.24) is 18.7 Å². The highest BCUT2D eigenvalue weighted by atomic mass is 35.5. The Labute approximate surface area is 217 Å². The molecule has 8 nitrogen and oxygen atoms in total. The van der Waals surface area contributed by atoms with Crippen molar-refractivity contribution in [2.45, 2.75) is 19.6 Å². The molecule has 0 radical (unpaired) electrons. The van der Waals surface area contributed by atoms with E-state index in [1.807, 2.05) is 60.7 Å². The van der Waals surface area contributed by atoms with E-state index in [9.17, 15) is 14.4 Å². The van der Waals surface area contributed by atoms with Crippen LogP contribution in [-0.4, -0.2) is 31.6 Å². The van der Waals surface area contributed by atoms with E-state index in [4.69, 9.17) is 16.3 Å². The second-order valence-corrected chi connectivity index (χ2v) is 8.96. The first-order valence-electron chi connectivity index (χ1n) is 11.6. The number of carbonyl (C=O) groups is 1. The minimum absolute atomic E-state index is 0.196. The lowest BCUT2D eigenvalue weighted by molar-refractivity contribution is 0.0968. The molecule has 37 heavy (non-hydrogen) atoms. The van der Waals surface area contributed by atoms with Gasteiger partial charge in [0.15, 0.2) is 16.9 Å². The Hall–Kier alpha value is -4.43. The lowest BCUT2D eigenvalue weighted by Gasteiger charge is -2.13. The molecular formula is C28H23ClN4O4. The summed E-state index contributed by atoms with van der Waals surface area (Å²) in [5.41, 5.74) is 1.43. The van der Waals surface area contributed by atoms with Crippen LogP contribution >= 0.6 is 11.6 Å². The van der Waals surface area contributed by atoms with Gasteiger partial charge in [-0.3, -0.25) is 18.7 Å². The molecule has 0 amide bonds. The fourth-order valence-corrected chi connectivity index (χ4v) is 4.52. The summed E-state index contributed by atoms with van der Waals surface area (Å²) in [7, 11) is 1.48. The van der Waals surface area contributed by atoms with Gasteiger partial charge in [0.2, 0.25) is 0 Å². The van der Waals surface area contributed by atoms with Gasteiger partial charge < -0.3 is 9.30 Å². The highest BCUT2D eigenvalue weighted by Crippen LogP contribution is 2.25. The number of nitrogens with zero attached hydrogens (tertiary/aromatic N) is 4. The summed E-state index contributed by atoms with van der Waals surface area (Å²) in [6.45, 7) is 0.140. The van der Waals surface area contributed by atoms with Crippen LogP contribution < -0.4 is 16.0 Å². The van der Waals surface area contributed by atoms with E-state index in [1.165, 1.54) is 17.7 Å². The standard InChI is InChI=1S/C28H23ClN4O4/c1-37-24-13-12-21(14-22(24)29)23(34)17-33-27(35)25-26(30-18-31(25)15-19-8-4-2-5-9-19)32(28(33)36)16-20-10-6-3-7-11-20/h2-14,18H,15-17H2,1H3. The molecule has 0 aliphatic carbocycles. The molecular weight excluding hydrogens is 492 g/mol. The average molecular weight is 515 g/mol. The third-order valence-electron chi connectivity index (χ3n) is 6.14. The van der Waals surface area contributed by atoms with Crippen LogP contribution in [0.1, 0.15) is 21.5 Å². The Kier molecular flexibility index (Phi) is 6.74. The number of Topliss-reactive ketones (excluding diaryl/α,β-unsaturated/α-hetero) is 1. The molecule has 0 atom stereocenters. The van der Waals surface area contributed by atoms with Crippen molar-refractivity contribution in [3.63, 3.8) is 0 Å². The molecule has 0 fully saturated rings. The van der Waals surface area contributed by atoms with Gasteiger partial charge in [0.1, 0.15) is 5.75 Å². The second-order valence-electron chi connectivity index (χ2n) is 8.55. The zero-order valence-electron chi connectivity index (χ0n) is 20.0. The first kappa shape index (κ1) is 24.3. The van der Waals surface area contributed by atoms with Crippen LogP contribution in [0.2, 0.25) is 5.02 Å². The van der Waals surface area contributed by atoms with Gasteiger partial charge in [-0.2, -0.15) is 0 Å². The first-order valence-corrected chi connectivity index (χ1v) is 12.0. The summed E-state index contributed by atoms with van der Waals surface area (Å²) >= 11 is 6.19. The van der Waals surface area contributed by atoms with Crippen LogP contribution in [0.3, 0.4) is 0 Å². The van der Waals surface area contributed by atoms with Crippen LogP contribution in [-0.2, 0) is 19.6 Å². The Balaban J connectivity index is 1.63. The van der Waals surface area contributed by atoms with E-state index in [0.29, 0.717) is 12.3 Å². The maximum absolute atomic E-state index is 13.7. The molecule has 2 aromatic heterocycles. The van der Waals surface area contributed by atoms with E-state index in [-0.39, 0.29) is 28.3 Å². The Morgan fingerprint density at radius 2 is 1.54 bits per heavy atom. The monoisotopic (exact) mass is 514 g/mol. The minimum atomic E-state index is -0.612. The van der Waals surface area contributed by atoms with E-state index >= 15 is 0 Å². The number of halogens is 1. The molecule has 5 aromatic rings. The molecule has 0 spiro atoms. The fraction of sp³-hybridized carbons (Fsp3) is 0.143. The number of aromatic nitrogens is 4. The van der Waals surface area contributed by atoms with Crippen LogP contribution in [0.25, 0.3) is 11.2 Å². The predicted octanol–water partition coefficient (Wildman–Crippen LogP) is 4.00. The van der Waals surface area contributed by atoms with Crippen molar-refractivity contribution < 1.29 is 9.53 Å². The quantitative estimate of drug-likeness (QED) is 0.292. The summed E-state index contributed by atoms with van der Waals surface area (Å²) in [5, 5.41) is 0.263. The third kappa shape index (κ3) is 4.83. The normalized spacial score (nSPS) is 11.1. The molecule has 0 aliphatic rings. The molecule has 0 aliphatic heterocycles. The predicted molar refractivity (Wildman–Crippen MR) is 142 cm³/mol. The molecule has 3 aromatic carbocycles. The SMILES string of the molecule is COc1ccc(C(=O)Cn2c(=O)c3c(ncn3Cc3ccccc3)n(Cc3ccccc3)c2=O)cc1Cl. The van der Waals surface area contributed by atoms with Crippen molar-refractivity contribution in [1.29, 1.82) is 0 Å². The van der Waals surface area contributed by atoms with E-state index in [2.05, 4.69) is 4.98 Å². The van der Waals surface area contributed by atoms with Crippen LogP contribution in [0.15, 0.2) is 94.8 Å². The first-order chi connectivity index (χ1) is 18.0. The van der Waals surface area contributed by atoms with Crippen LogP contribution in [0.5, 0.6) is 5.75 Å². The lowest BCUT2D eigenvalue weighted by atomic mass is 10.1. The van der Waals surface area contributed by atoms with Gasteiger partial charge in [0.05, 0.1) is 31.5 Å². The maximum atomic E-state index is 13.7. The second kappa shape index (κ2) is 10.3. The number of ether oxygens (including phenoxy) is 1. The highest BCUT2D eigenvalue weighted by molar-refractivity contribution is 6.32. The van der Waals surface area contributed by atoms with Crippen LogP contribution in [0.4, 0.5) is 0 Å². The summed E-state index contributed by atoms with van der Waals surface area (Å²) in [6, 6.07) is 23.6. The lowest BCUT2D eigenvalue weighted by Crippen LogP contribution is -2.42. The summed E-state index contributed by atoms with van der Waals surface area (Å²) in [6.07, 6.45) is 1.55. The van der Waals surface area contributed by atoms with E-state index in [0.717, 1.165) is 15.7 Å². The number of imidazole rings is 1. The largest absolute Gasteiger partial charge is 0.495 e. The van der Waals surface area contributed by atoms with Gasteiger partial charge in [0, 0.05) is 12.1 Å². The zero-order valence-corrected chi connectivity index (χ0v) is 20.8. The Morgan fingerprint density at radius 1 is 0.892 bits per heavy atom. The van der Waals surface area contributed by atoms with Gasteiger partial charge in [0.25, 0.3) is 5.56 Å². The molecule has 5 rings (SSSR count). The molecule has 2 heterocycles. The molecule has 0 saturated carbocycles. The maximum Gasteiger partial charge on any atom is 0.333 e. The number of methoxy groups -OCH3 is 1. The Bertz CT molecular complexity index is 1710. The van der Waals surface area contributed by atoms with Gasteiger partial charge in [-0.25, -0.2) is 9.78 Å². The zero-order chi connectivity index (χ0) is 25.9. The van der Waals surface area contributed by atoms with Crippen molar-refractivity contribution in [2.24, 2.45) is 0 Å². The van der Waals surface area contributed by atoms with Gasteiger partial charge in [-0.05, 0) is 29.3 Å². The minimum Gasteiger partial charge on any atom is -0.495 e. The molecule has 9 heteroatoms. The highest BCUT2D eigenvalue weighted by Gasteiger charge is 2.21. The number of hydrogen-bond donors (Lipinski definition) is 0. The molecule has 0 unspecified atom stereocenters. The summed E-state index contributed by atoms with van der Waals surface area (Å²) in [4.78, 5) is 44.8. The molecule has 0 saturated heterocycles.